The lowest BCUT2D eigenvalue weighted by Crippen LogP contribution is -2.20. The summed E-state index contributed by atoms with van der Waals surface area (Å²) >= 11 is 0. The van der Waals surface area contributed by atoms with Crippen molar-refractivity contribution in [3.05, 3.63) is 72.4 Å². The highest BCUT2D eigenvalue weighted by atomic mass is 19.4. The van der Waals surface area contributed by atoms with Gasteiger partial charge in [0.2, 0.25) is 5.88 Å². The van der Waals surface area contributed by atoms with Crippen molar-refractivity contribution in [2.24, 2.45) is 0 Å². The number of amides is 2. The van der Waals surface area contributed by atoms with Gasteiger partial charge in [0.05, 0.1) is 5.56 Å². The summed E-state index contributed by atoms with van der Waals surface area (Å²) in [6, 6.07) is 10.6. The molecule has 0 bridgehead atoms. The molecule has 0 aliphatic carbocycles. The second-order valence-electron chi connectivity index (χ2n) is 6.14. The number of carbonyl (C=O) groups is 1. The minimum Gasteiger partial charge on any atom is -0.437 e. The number of nitrogens with zero attached hydrogens (tertiary/aromatic N) is 1. The molecule has 0 radical (unpaired) electrons. The molecule has 0 atom stereocenters. The van der Waals surface area contributed by atoms with E-state index < -0.39 is 29.9 Å². The average Bonchev–Trinajstić information content (AvgIpc) is 2.69. The van der Waals surface area contributed by atoms with Crippen LogP contribution in [-0.4, -0.2) is 17.4 Å². The van der Waals surface area contributed by atoms with Gasteiger partial charge in [-0.1, -0.05) is 6.07 Å². The molecule has 3 aromatic rings. The molecule has 0 spiro atoms. The minimum atomic E-state index is -4.84. The third-order valence-corrected chi connectivity index (χ3v) is 3.74. The summed E-state index contributed by atoms with van der Waals surface area (Å²) in [6.45, 7) is 0. The smallest absolute Gasteiger partial charge is 0.437 e. The topological polar surface area (TPSA) is 72.5 Å². The molecule has 12 heteroatoms. The number of benzene rings is 2. The number of ether oxygens (including phenoxy) is 2. The maximum atomic E-state index is 12.9. The Morgan fingerprint density at radius 3 is 2.22 bits per heavy atom. The number of anilines is 2. The fraction of sp³-hybridized carbons (Fsp3) is 0.100. The van der Waals surface area contributed by atoms with Gasteiger partial charge < -0.3 is 20.1 Å². The van der Waals surface area contributed by atoms with Crippen molar-refractivity contribution in [3.63, 3.8) is 0 Å². The zero-order chi connectivity index (χ0) is 23.4. The molecule has 1 aromatic heterocycles. The Morgan fingerprint density at radius 1 is 0.844 bits per heavy atom. The molecule has 0 aliphatic rings. The molecule has 0 saturated heterocycles. The molecule has 0 unspecified atom stereocenters. The van der Waals surface area contributed by atoms with E-state index >= 15 is 0 Å². The van der Waals surface area contributed by atoms with Crippen LogP contribution in [0.25, 0.3) is 0 Å². The predicted octanol–water partition coefficient (Wildman–Crippen LogP) is 6.44. The molecule has 6 nitrogen and oxygen atoms in total. The summed E-state index contributed by atoms with van der Waals surface area (Å²) in [5, 5.41) is 4.79. The largest absolute Gasteiger partial charge is 0.573 e. The molecule has 168 valence electrons. The molecule has 0 saturated carbocycles. The summed E-state index contributed by atoms with van der Waals surface area (Å²) < 4.78 is 84.3. The molecular formula is C20H13F6N3O3. The maximum Gasteiger partial charge on any atom is 0.573 e. The first-order valence-electron chi connectivity index (χ1n) is 8.73. The number of nitrogens with one attached hydrogen (secondary N) is 2. The number of halogens is 6. The van der Waals surface area contributed by atoms with Gasteiger partial charge in [-0.25, -0.2) is 9.78 Å². The molecule has 0 aliphatic heterocycles. The Labute approximate surface area is 176 Å². The first kappa shape index (κ1) is 22.7. The van der Waals surface area contributed by atoms with Crippen molar-refractivity contribution in [1.82, 2.24) is 4.98 Å². The Kier molecular flexibility index (Phi) is 6.42. The van der Waals surface area contributed by atoms with Crippen LogP contribution in [0.5, 0.6) is 17.4 Å². The van der Waals surface area contributed by atoms with Gasteiger partial charge in [0, 0.05) is 11.9 Å². The molecular weight excluding hydrogens is 444 g/mol. The second kappa shape index (κ2) is 9.04. The van der Waals surface area contributed by atoms with E-state index in [0.29, 0.717) is 0 Å². The maximum absolute atomic E-state index is 12.9. The van der Waals surface area contributed by atoms with Crippen molar-refractivity contribution in [2.45, 2.75) is 12.5 Å². The zero-order valence-electron chi connectivity index (χ0n) is 15.8. The Morgan fingerprint density at radius 2 is 1.56 bits per heavy atom. The first-order chi connectivity index (χ1) is 15.0. The second-order valence-corrected chi connectivity index (χ2v) is 6.14. The number of aromatic nitrogens is 1. The monoisotopic (exact) mass is 457 g/mol. The Bertz CT molecular complexity index is 1080. The third-order valence-electron chi connectivity index (χ3n) is 3.74. The Balaban J connectivity index is 1.68. The van der Waals surface area contributed by atoms with Gasteiger partial charge in [0.1, 0.15) is 17.2 Å². The van der Waals surface area contributed by atoms with Crippen LogP contribution in [0.3, 0.4) is 0 Å². The van der Waals surface area contributed by atoms with E-state index in [9.17, 15) is 31.1 Å². The lowest BCUT2D eigenvalue weighted by atomic mass is 10.2. The first-order valence-corrected chi connectivity index (χ1v) is 8.73. The van der Waals surface area contributed by atoms with Crippen LogP contribution in [0, 0.1) is 0 Å². The number of rotatable bonds is 5. The van der Waals surface area contributed by atoms with Gasteiger partial charge in [-0.3, -0.25) is 0 Å². The molecule has 1 heterocycles. The van der Waals surface area contributed by atoms with Crippen molar-refractivity contribution in [2.75, 3.05) is 10.6 Å². The van der Waals surface area contributed by atoms with Crippen LogP contribution in [-0.2, 0) is 6.18 Å². The van der Waals surface area contributed by atoms with E-state index in [1.165, 1.54) is 36.5 Å². The average molecular weight is 457 g/mol. The number of urea groups is 1. The zero-order valence-corrected chi connectivity index (χ0v) is 15.8. The summed E-state index contributed by atoms with van der Waals surface area (Å²) in [6.07, 6.45) is -8.10. The summed E-state index contributed by atoms with van der Waals surface area (Å²) in [7, 11) is 0. The van der Waals surface area contributed by atoms with Crippen molar-refractivity contribution in [3.8, 4) is 17.4 Å². The minimum absolute atomic E-state index is 0.0411. The van der Waals surface area contributed by atoms with Crippen LogP contribution in [0.4, 0.5) is 42.5 Å². The van der Waals surface area contributed by atoms with Gasteiger partial charge in [-0.05, 0) is 54.6 Å². The van der Waals surface area contributed by atoms with Crippen LogP contribution >= 0.6 is 0 Å². The van der Waals surface area contributed by atoms with Gasteiger partial charge in [0.25, 0.3) is 0 Å². The van der Waals surface area contributed by atoms with E-state index in [4.69, 9.17) is 4.74 Å². The predicted molar refractivity (Wildman–Crippen MR) is 102 cm³/mol. The van der Waals surface area contributed by atoms with Gasteiger partial charge >= 0.3 is 18.6 Å². The fourth-order valence-electron chi connectivity index (χ4n) is 2.44. The third kappa shape index (κ3) is 6.52. The summed E-state index contributed by atoms with van der Waals surface area (Å²) in [4.78, 5) is 16.1. The lowest BCUT2D eigenvalue weighted by molar-refractivity contribution is -0.274. The summed E-state index contributed by atoms with van der Waals surface area (Å²) in [5.74, 6) is -0.786. The molecule has 0 fully saturated rings. The van der Waals surface area contributed by atoms with Crippen LogP contribution in [0.15, 0.2) is 66.9 Å². The van der Waals surface area contributed by atoms with Crippen LogP contribution in [0.1, 0.15) is 5.56 Å². The highest BCUT2D eigenvalue weighted by Crippen LogP contribution is 2.34. The van der Waals surface area contributed by atoms with E-state index in [-0.39, 0.29) is 23.0 Å². The number of carbonyl (C=O) groups excluding carboxylic acids is 1. The molecule has 2 aromatic carbocycles. The molecule has 32 heavy (non-hydrogen) atoms. The van der Waals surface area contributed by atoms with Crippen LogP contribution < -0.4 is 20.1 Å². The van der Waals surface area contributed by atoms with E-state index in [1.54, 1.807) is 0 Å². The van der Waals surface area contributed by atoms with Crippen molar-refractivity contribution < 1.29 is 40.6 Å². The fourth-order valence-corrected chi connectivity index (χ4v) is 2.44. The number of alkyl halides is 6. The quantitative estimate of drug-likeness (QED) is 0.433. The van der Waals surface area contributed by atoms with Crippen LogP contribution in [0.2, 0.25) is 0 Å². The molecule has 2 N–H and O–H groups in total. The highest BCUT2D eigenvalue weighted by Gasteiger charge is 2.31. The lowest BCUT2D eigenvalue weighted by Gasteiger charge is -2.13. The highest BCUT2D eigenvalue weighted by molar-refractivity contribution is 6.00. The molecule has 2 amide bonds. The van der Waals surface area contributed by atoms with Gasteiger partial charge in [-0.15, -0.1) is 13.2 Å². The van der Waals surface area contributed by atoms with E-state index in [1.807, 2.05) is 0 Å². The normalized spacial score (nSPS) is 11.6. The van der Waals surface area contributed by atoms with Crippen molar-refractivity contribution >= 4 is 17.4 Å². The summed E-state index contributed by atoms with van der Waals surface area (Å²) in [5.41, 5.74) is -0.725. The Hall–Kier alpha value is -3.96. The van der Waals surface area contributed by atoms with E-state index in [0.717, 1.165) is 30.3 Å². The van der Waals surface area contributed by atoms with Crippen molar-refractivity contribution in [1.29, 1.82) is 0 Å². The number of pyridine rings is 1. The van der Waals surface area contributed by atoms with Gasteiger partial charge in [-0.2, -0.15) is 13.2 Å². The SMILES string of the molecule is O=C(Nc1ccc(OC(F)(F)F)cc1)Nc1cccnc1Oc1cccc(C(F)(F)F)c1. The number of hydrogen-bond donors (Lipinski definition) is 2. The number of hydrogen-bond acceptors (Lipinski definition) is 4. The molecule has 3 rings (SSSR count). The standard InChI is InChI=1S/C20H13F6N3O3/c21-19(22,23)12-3-1-4-15(11-12)31-17-16(5-2-10-27-17)29-18(30)28-13-6-8-14(9-7-13)32-20(24,25)26/h1-11H,(H2,28,29,30). The van der Waals surface area contributed by atoms with E-state index in [2.05, 4.69) is 20.4 Å². The van der Waals surface area contributed by atoms with Gasteiger partial charge in [0.15, 0.2) is 0 Å².